The van der Waals surface area contributed by atoms with E-state index in [1.165, 1.54) is 0 Å². The normalized spacial score (nSPS) is 15.7. The summed E-state index contributed by atoms with van der Waals surface area (Å²) in [5, 5.41) is 8.42. The summed E-state index contributed by atoms with van der Waals surface area (Å²) in [6.07, 6.45) is 1.77. The van der Waals surface area contributed by atoms with Crippen LogP contribution in [0.2, 0.25) is 0 Å². The van der Waals surface area contributed by atoms with E-state index in [2.05, 4.69) is 50.9 Å². The van der Waals surface area contributed by atoms with Crippen LogP contribution >= 0.6 is 0 Å². The molecule has 3 rings (SSSR count). The minimum absolute atomic E-state index is 0.661. The van der Waals surface area contributed by atoms with Gasteiger partial charge in [-0.15, -0.1) is 5.10 Å². The molecule has 0 spiro atoms. The first-order valence-corrected chi connectivity index (χ1v) is 8.31. The second-order valence-corrected chi connectivity index (χ2v) is 5.62. The van der Waals surface area contributed by atoms with Gasteiger partial charge in [0, 0.05) is 38.4 Å². The van der Waals surface area contributed by atoms with Crippen molar-refractivity contribution in [3.05, 3.63) is 36.5 Å². The molecule has 23 heavy (non-hydrogen) atoms. The molecular formula is C17H24N6. The molecule has 6 nitrogen and oxygen atoms in total. The van der Waals surface area contributed by atoms with Crippen molar-refractivity contribution >= 4 is 17.5 Å². The first-order valence-electron chi connectivity index (χ1n) is 8.31. The van der Waals surface area contributed by atoms with Crippen LogP contribution in [0, 0.1) is 0 Å². The van der Waals surface area contributed by atoms with E-state index in [1.54, 1.807) is 6.20 Å². The van der Waals surface area contributed by atoms with Crippen molar-refractivity contribution in [3.63, 3.8) is 0 Å². The molecule has 6 heteroatoms. The quantitative estimate of drug-likeness (QED) is 0.843. The molecule has 2 aromatic rings. The van der Waals surface area contributed by atoms with Gasteiger partial charge in [-0.3, -0.25) is 0 Å². The molecule has 2 heterocycles. The molecule has 1 aliphatic rings. The number of likely N-dealkylation sites (N-methyl/N-ethyl adjacent to an activating group) is 1. The molecule has 0 unspecified atom stereocenters. The molecule has 0 N–H and O–H groups in total. The Labute approximate surface area is 137 Å². The lowest BCUT2D eigenvalue weighted by Gasteiger charge is -2.34. The van der Waals surface area contributed by atoms with E-state index in [1.807, 2.05) is 18.2 Å². The van der Waals surface area contributed by atoms with Crippen LogP contribution in [0.1, 0.15) is 13.8 Å². The fourth-order valence-corrected chi connectivity index (χ4v) is 2.89. The number of para-hydroxylation sites is 1. The molecule has 0 aliphatic carbocycles. The molecule has 1 saturated heterocycles. The number of hydrogen-bond acceptors (Lipinski definition) is 6. The van der Waals surface area contributed by atoms with Crippen molar-refractivity contribution in [2.75, 3.05) is 49.1 Å². The molecular weight excluding hydrogens is 288 g/mol. The Morgan fingerprint density at radius 2 is 1.78 bits per heavy atom. The van der Waals surface area contributed by atoms with E-state index in [0.29, 0.717) is 5.95 Å². The van der Waals surface area contributed by atoms with Gasteiger partial charge in [-0.2, -0.15) is 10.1 Å². The van der Waals surface area contributed by atoms with Gasteiger partial charge in [0.15, 0.2) is 5.82 Å². The fourth-order valence-electron chi connectivity index (χ4n) is 2.89. The fraction of sp³-hybridized carbons (Fsp3) is 0.471. The van der Waals surface area contributed by atoms with Gasteiger partial charge in [0.25, 0.3) is 5.95 Å². The lowest BCUT2D eigenvalue weighted by atomic mass is 10.3. The first kappa shape index (κ1) is 15.7. The van der Waals surface area contributed by atoms with E-state index in [4.69, 9.17) is 4.98 Å². The number of piperazine rings is 1. The third kappa shape index (κ3) is 3.59. The molecule has 1 aromatic heterocycles. The largest absolute Gasteiger partial charge is 0.353 e. The number of benzene rings is 1. The third-order valence-corrected chi connectivity index (χ3v) is 4.30. The van der Waals surface area contributed by atoms with Crippen LogP contribution in [0.4, 0.5) is 17.5 Å². The highest BCUT2D eigenvalue weighted by Crippen LogP contribution is 2.22. The number of aromatic nitrogens is 3. The van der Waals surface area contributed by atoms with Crippen molar-refractivity contribution in [1.82, 2.24) is 20.1 Å². The minimum Gasteiger partial charge on any atom is -0.353 e. The third-order valence-electron chi connectivity index (χ3n) is 4.30. The lowest BCUT2D eigenvalue weighted by molar-refractivity contribution is 0.270. The van der Waals surface area contributed by atoms with Crippen LogP contribution in [-0.4, -0.2) is 59.3 Å². The average molecular weight is 312 g/mol. The minimum atomic E-state index is 0.661. The van der Waals surface area contributed by atoms with Gasteiger partial charge >= 0.3 is 0 Å². The Morgan fingerprint density at radius 1 is 1.04 bits per heavy atom. The highest BCUT2D eigenvalue weighted by Gasteiger charge is 2.19. The van der Waals surface area contributed by atoms with Crippen molar-refractivity contribution < 1.29 is 0 Å². The predicted molar refractivity (Wildman–Crippen MR) is 93.3 cm³/mol. The van der Waals surface area contributed by atoms with Gasteiger partial charge in [-0.25, -0.2) is 0 Å². The second kappa shape index (κ2) is 7.37. The van der Waals surface area contributed by atoms with E-state index < -0.39 is 0 Å². The Hall–Kier alpha value is -2.21. The summed E-state index contributed by atoms with van der Waals surface area (Å²) in [7, 11) is 0. The zero-order valence-electron chi connectivity index (χ0n) is 13.9. The molecule has 122 valence electrons. The molecule has 0 amide bonds. The maximum absolute atomic E-state index is 4.75. The Balaban J connectivity index is 1.79. The van der Waals surface area contributed by atoms with Gasteiger partial charge < -0.3 is 14.7 Å². The summed E-state index contributed by atoms with van der Waals surface area (Å²) >= 11 is 0. The van der Waals surface area contributed by atoms with Crippen LogP contribution in [0.5, 0.6) is 0 Å². The summed E-state index contributed by atoms with van der Waals surface area (Å²) < 4.78 is 0. The van der Waals surface area contributed by atoms with Crippen LogP contribution in [-0.2, 0) is 0 Å². The van der Waals surface area contributed by atoms with Crippen LogP contribution in [0.3, 0.4) is 0 Å². The van der Waals surface area contributed by atoms with Crippen molar-refractivity contribution in [3.8, 4) is 0 Å². The number of anilines is 3. The summed E-state index contributed by atoms with van der Waals surface area (Å²) in [5.74, 6) is 1.58. The average Bonchev–Trinajstić information content (AvgIpc) is 2.64. The summed E-state index contributed by atoms with van der Waals surface area (Å²) in [5.41, 5.74) is 1.09. The first-order chi connectivity index (χ1) is 11.3. The van der Waals surface area contributed by atoms with Crippen molar-refractivity contribution in [1.29, 1.82) is 0 Å². The van der Waals surface area contributed by atoms with Gasteiger partial charge in [-0.05, 0) is 25.6 Å². The molecule has 0 radical (unpaired) electrons. The van der Waals surface area contributed by atoms with E-state index in [9.17, 15) is 0 Å². The Morgan fingerprint density at radius 3 is 2.43 bits per heavy atom. The number of hydrogen-bond donors (Lipinski definition) is 0. The summed E-state index contributed by atoms with van der Waals surface area (Å²) in [6.45, 7) is 10.4. The van der Waals surface area contributed by atoms with Gasteiger partial charge in [0.2, 0.25) is 0 Å². The lowest BCUT2D eigenvalue weighted by Crippen LogP contribution is -2.46. The van der Waals surface area contributed by atoms with Crippen LogP contribution in [0.25, 0.3) is 0 Å². The zero-order chi connectivity index (χ0) is 16.1. The van der Waals surface area contributed by atoms with Gasteiger partial charge in [0.1, 0.15) is 0 Å². The summed E-state index contributed by atoms with van der Waals surface area (Å²) in [6, 6.07) is 10.2. The second-order valence-electron chi connectivity index (χ2n) is 5.62. The number of rotatable bonds is 5. The Kier molecular flexibility index (Phi) is 5.02. The topological polar surface area (TPSA) is 48.4 Å². The van der Waals surface area contributed by atoms with E-state index in [-0.39, 0.29) is 0 Å². The molecule has 1 fully saturated rings. The van der Waals surface area contributed by atoms with Crippen molar-refractivity contribution in [2.45, 2.75) is 13.8 Å². The maximum atomic E-state index is 4.75. The molecule has 1 aromatic carbocycles. The van der Waals surface area contributed by atoms with Gasteiger partial charge in [-0.1, -0.05) is 25.1 Å². The molecule has 0 bridgehead atoms. The standard InChI is InChI=1S/C17H24N6/c1-3-21-10-12-22(13-11-21)16-14-18-20-17(19-16)23(4-2)15-8-6-5-7-9-15/h5-9,14H,3-4,10-13H2,1-2H3. The highest BCUT2D eigenvalue weighted by molar-refractivity contribution is 5.57. The smallest absolute Gasteiger partial charge is 0.251 e. The SMILES string of the molecule is CCN1CCN(c2cnnc(N(CC)c3ccccc3)n2)CC1. The highest BCUT2D eigenvalue weighted by atomic mass is 15.4. The van der Waals surface area contributed by atoms with E-state index in [0.717, 1.165) is 50.8 Å². The maximum Gasteiger partial charge on any atom is 0.251 e. The predicted octanol–water partition coefficient (Wildman–Crippen LogP) is 2.17. The summed E-state index contributed by atoms with van der Waals surface area (Å²) in [4.78, 5) is 11.6. The van der Waals surface area contributed by atoms with Gasteiger partial charge in [0.05, 0.1) is 6.20 Å². The van der Waals surface area contributed by atoms with Crippen LogP contribution < -0.4 is 9.80 Å². The molecule has 1 aliphatic heterocycles. The number of nitrogens with zero attached hydrogens (tertiary/aromatic N) is 6. The van der Waals surface area contributed by atoms with Crippen LogP contribution in [0.15, 0.2) is 36.5 Å². The molecule has 0 saturated carbocycles. The van der Waals surface area contributed by atoms with E-state index >= 15 is 0 Å². The molecule has 0 atom stereocenters. The van der Waals surface area contributed by atoms with Crippen molar-refractivity contribution in [2.24, 2.45) is 0 Å². The Bertz CT molecular complexity index is 609. The zero-order valence-corrected chi connectivity index (χ0v) is 13.9. The monoisotopic (exact) mass is 312 g/mol.